The number of rotatable bonds is 24. The lowest BCUT2D eigenvalue weighted by Gasteiger charge is -2.23. The van der Waals surface area contributed by atoms with E-state index in [0.29, 0.717) is 24.1 Å². The number of allylic oxidation sites excluding steroid dienone is 10. The standard InChI is InChI=1S/C37H51FN7O4P/c1-3-4-5-6-7-8-9-10-11-12-13-14-15-16-17-18-19-20-34(46)40-25-26-44-50(47,49-33-23-21-32(38)22-24-33)30-48-31(2)27-45-29-43-35-36(39)41-28-42-37(35)45/h4-5,7-8,10-11,13-14,16-17,21-24,28-29,31H,3,6,9,12,15,18-20,25-27,30H2,1-2H3,(H,40,46)(H,44,47)(H2,39,41,42)/t31-,50?/m1/s1. The molecule has 1 unspecified atom stereocenters. The summed E-state index contributed by atoms with van der Waals surface area (Å²) in [6.07, 6.45) is 30.6. The Balaban J connectivity index is 1.33. The van der Waals surface area contributed by atoms with E-state index >= 15 is 0 Å². The van der Waals surface area contributed by atoms with Crippen molar-refractivity contribution in [1.29, 1.82) is 0 Å². The third-order valence-corrected chi connectivity index (χ3v) is 8.91. The van der Waals surface area contributed by atoms with Crippen LogP contribution in [0.15, 0.2) is 97.7 Å². The maximum absolute atomic E-state index is 13.8. The third-order valence-electron chi connectivity index (χ3n) is 7.21. The smallest absolute Gasteiger partial charge is 0.341 e. The summed E-state index contributed by atoms with van der Waals surface area (Å²) in [5, 5.41) is 5.76. The van der Waals surface area contributed by atoms with Crippen LogP contribution in [0.5, 0.6) is 5.75 Å². The first-order valence-electron chi connectivity index (χ1n) is 17.1. The zero-order chi connectivity index (χ0) is 35.9. The van der Waals surface area contributed by atoms with Gasteiger partial charge in [-0.3, -0.25) is 9.36 Å². The van der Waals surface area contributed by atoms with E-state index in [2.05, 4.69) is 93.0 Å². The summed E-state index contributed by atoms with van der Waals surface area (Å²) in [5.41, 5.74) is 6.93. The summed E-state index contributed by atoms with van der Waals surface area (Å²) < 4.78 is 40.7. The van der Waals surface area contributed by atoms with Gasteiger partial charge in [0.05, 0.1) is 19.0 Å². The third kappa shape index (κ3) is 15.9. The Bertz CT molecular complexity index is 1640. The van der Waals surface area contributed by atoms with Gasteiger partial charge in [0.2, 0.25) is 5.91 Å². The molecule has 270 valence electrons. The first-order valence-corrected chi connectivity index (χ1v) is 18.9. The van der Waals surface area contributed by atoms with Crippen LogP contribution in [0.25, 0.3) is 11.2 Å². The SMILES string of the molecule is CCC=CCC=CCC=CCC=CCC=CCCCC(=O)NCCNP(=O)(CO[C@H](C)Cn1cnc2c(N)ncnc21)Oc1ccc(F)cc1. The number of ether oxygens (including phenoxy) is 1. The number of nitrogen functional groups attached to an aromatic ring is 1. The molecule has 2 atom stereocenters. The minimum absolute atomic E-state index is 0.0877. The van der Waals surface area contributed by atoms with Crippen LogP contribution in [0, 0.1) is 5.82 Å². The number of nitrogens with one attached hydrogen (secondary N) is 2. The quantitative estimate of drug-likeness (QED) is 0.0482. The second kappa shape index (κ2) is 23.1. The molecule has 11 nitrogen and oxygen atoms in total. The number of amides is 1. The zero-order valence-electron chi connectivity index (χ0n) is 29.1. The largest absolute Gasteiger partial charge is 0.431 e. The van der Waals surface area contributed by atoms with E-state index in [9.17, 15) is 13.8 Å². The van der Waals surface area contributed by atoms with Crippen LogP contribution >= 0.6 is 7.52 Å². The van der Waals surface area contributed by atoms with E-state index < -0.39 is 19.4 Å². The van der Waals surface area contributed by atoms with Crippen LogP contribution in [-0.2, 0) is 20.6 Å². The van der Waals surface area contributed by atoms with Crippen molar-refractivity contribution in [2.45, 2.75) is 77.9 Å². The predicted octanol–water partition coefficient (Wildman–Crippen LogP) is 7.81. The molecule has 3 aromatic rings. The maximum atomic E-state index is 13.8. The summed E-state index contributed by atoms with van der Waals surface area (Å²) >= 11 is 0. The Morgan fingerprint density at radius 3 is 2.24 bits per heavy atom. The molecule has 4 N–H and O–H groups in total. The van der Waals surface area contributed by atoms with E-state index in [1.165, 1.54) is 30.6 Å². The normalized spacial score (nSPS) is 14.1. The topological polar surface area (TPSA) is 146 Å². The molecule has 13 heteroatoms. The fraction of sp³-hybridized carbons (Fsp3) is 0.405. The first-order chi connectivity index (χ1) is 24.3. The lowest BCUT2D eigenvalue weighted by molar-refractivity contribution is -0.121. The second-order valence-electron chi connectivity index (χ2n) is 11.5. The average Bonchev–Trinajstić information content (AvgIpc) is 3.52. The van der Waals surface area contributed by atoms with E-state index in [1.54, 1.807) is 10.9 Å². The number of nitrogens with two attached hydrogens (primary N) is 1. The zero-order valence-corrected chi connectivity index (χ0v) is 30.0. The van der Waals surface area contributed by atoms with Crippen molar-refractivity contribution in [3.63, 3.8) is 0 Å². The van der Waals surface area contributed by atoms with Crippen LogP contribution in [0.2, 0.25) is 0 Å². The van der Waals surface area contributed by atoms with Gasteiger partial charge in [-0.05, 0) is 76.1 Å². The van der Waals surface area contributed by atoms with Crippen LogP contribution in [-0.4, -0.2) is 51.0 Å². The van der Waals surface area contributed by atoms with Crippen molar-refractivity contribution in [2.75, 3.05) is 25.2 Å². The molecule has 1 amide bonds. The van der Waals surface area contributed by atoms with Gasteiger partial charge in [0.1, 0.15) is 29.8 Å². The number of hydrogen-bond donors (Lipinski definition) is 3. The van der Waals surface area contributed by atoms with Crippen LogP contribution in [0.4, 0.5) is 10.2 Å². The van der Waals surface area contributed by atoms with Gasteiger partial charge < -0.3 is 24.9 Å². The molecule has 2 aromatic heterocycles. The van der Waals surface area contributed by atoms with Gasteiger partial charge in [0.25, 0.3) is 0 Å². The van der Waals surface area contributed by atoms with Crippen molar-refractivity contribution in [3.8, 4) is 5.75 Å². The molecular formula is C37H51FN7O4P. The number of imidazole rings is 1. The molecule has 0 saturated heterocycles. The number of nitrogens with zero attached hydrogens (tertiary/aromatic N) is 4. The highest BCUT2D eigenvalue weighted by Gasteiger charge is 2.26. The Hall–Kier alpha value is -4.38. The first kappa shape index (κ1) is 40.1. The number of halogens is 1. The molecule has 0 aliphatic heterocycles. The van der Waals surface area contributed by atoms with Crippen molar-refractivity contribution in [1.82, 2.24) is 29.9 Å². The fourth-order valence-corrected chi connectivity index (χ4v) is 6.20. The number of carbonyl (C=O) groups excluding carboxylic acids is 1. The van der Waals surface area contributed by atoms with Gasteiger partial charge in [-0.1, -0.05) is 67.7 Å². The molecule has 0 aliphatic rings. The van der Waals surface area contributed by atoms with Crippen molar-refractivity contribution < 1.29 is 23.0 Å². The fourth-order valence-electron chi connectivity index (χ4n) is 4.62. The average molecular weight is 708 g/mol. The lowest BCUT2D eigenvalue weighted by atomic mass is 10.2. The number of aromatic nitrogens is 4. The Labute approximate surface area is 295 Å². The number of hydrogen-bond acceptors (Lipinski definition) is 8. The molecular weight excluding hydrogens is 656 g/mol. The molecule has 0 saturated carbocycles. The maximum Gasteiger partial charge on any atom is 0.341 e. The molecule has 0 bridgehead atoms. The molecule has 2 heterocycles. The summed E-state index contributed by atoms with van der Waals surface area (Å²) in [6, 6.07) is 5.24. The lowest BCUT2D eigenvalue weighted by Crippen LogP contribution is -2.32. The Morgan fingerprint density at radius 2 is 1.58 bits per heavy atom. The van der Waals surface area contributed by atoms with Gasteiger partial charge in [-0.15, -0.1) is 0 Å². The Kier molecular flexibility index (Phi) is 18.5. The molecule has 0 aliphatic carbocycles. The molecule has 0 radical (unpaired) electrons. The predicted molar refractivity (Wildman–Crippen MR) is 199 cm³/mol. The highest BCUT2D eigenvalue weighted by atomic mass is 31.2. The van der Waals surface area contributed by atoms with Gasteiger partial charge >= 0.3 is 7.52 Å². The van der Waals surface area contributed by atoms with E-state index in [1.807, 2.05) is 6.92 Å². The highest BCUT2D eigenvalue weighted by molar-refractivity contribution is 7.57. The highest BCUT2D eigenvalue weighted by Crippen LogP contribution is 2.43. The minimum Gasteiger partial charge on any atom is -0.431 e. The van der Waals surface area contributed by atoms with Crippen molar-refractivity contribution >= 4 is 30.4 Å². The molecule has 1 aromatic carbocycles. The summed E-state index contributed by atoms with van der Waals surface area (Å²) in [5.74, 6) is -0.0205. The number of anilines is 1. The van der Waals surface area contributed by atoms with Crippen LogP contribution in [0.1, 0.15) is 65.2 Å². The monoisotopic (exact) mass is 707 g/mol. The number of benzene rings is 1. The molecule has 0 spiro atoms. The van der Waals surface area contributed by atoms with Crippen molar-refractivity contribution in [3.05, 3.63) is 103 Å². The van der Waals surface area contributed by atoms with Gasteiger partial charge in [-0.2, -0.15) is 0 Å². The van der Waals surface area contributed by atoms with Gasteiger partial charge in [-0.25, -0.2) is 24.4 Å². The van der Waals surface area contributed by atoms with E-state index in [0.717, 1.165) is 44.9 Å². The molecule has 3 rings (SSSR count). The summed E-state index contributed by atoms with van der Waals surface area (Å²) in [6.45, 7) is 4.74. The minimum atomic E-state index is -3.61. The van der Waals surface area contributed by atoms with Crippen LogP contribution < -0.4 is 20.7 Å². The second-order valence-corrected chi connectivity index (χ2v) is 13.6. The van der Waals surface area contributed by atoms with E-state index in [-0.39, 0.29) is 36.9 Å². The van der Waals surface area contributed by atoms with Crippen LogP contribution in [0.3, 0.4) is 0 Å². The Morgan fingerprint density at radius 1 is 0.940 bits per heavy atom. The number of unbranched alkanes of at least 4 members (excludes halogenated alkanes) is 1. The van der Waals surface area contributed by atoms with Gasteiger partial charge in [0.15, 0.2) is 11.5 Å². The number of fused-ring (bicyclic) bond motifs is 1. The molecule has 0 fully saturated rings. The van der Waals surface area contributed by atoms with Crippen molar-refractivity contribution in [2.24, 2.45) is 0 Å². The molecule has 50 heavy (non-hydrogen) atoms. The summed E-state index contributed by atoms with van der Waals surface area (Å²) in [4.78, 5) is 24.8. The number of carbonyl (C=O) groups is 1. The van der Waals surface area contributed by atoms with Gasteiger partial charge in [0, 0.05) is 19.5 Å². The van der Waals surface area contributed by atoms with E-state index in [4.69, 9.17) is 15.0 Å². The summed E-state index contributed by atoms with van der Waals surface area (Å²) in [7, 11) is -3.61.